The van der Waals surface area contributed by atoms with Crippen molar-refractivity contribution in [2.45, 2.75) is 58.2 Å². The molecule has 0 saturated heterocycles. The highest BCUT2D eigenvalue weighted by molar-refractivity contribution is 6.38. The summed E-state index contributed by atoms with van der Waals surface area (Å²) in [5, 5.41) is 4.97. The third-order valence-corrected chi connectivity index (χ3v) is 4.67. The summed E-state index contributed by atoms with van der Waals surface area (Å²) in [7, 11) is 0. The summed E-state index contributed by atoms with van der Waals surface area (Å²) >= 11 is 0. The molecule has 0 bridgehead atoms. The Kier molecular flexibility index (Phi) is 9.79. The number of benzene rings is 2. The molecular formula is C26H32N2O6. The molecule has 0 unspecified atom stereocenters. The number of esters is 1. The third-order valence-electron chi connectivity index (χ3n) is 4.67. The Hall–Kier alpha value is -3.68. The minimum atomic E-state index is -1.18. The van der Waals surface area contributed by atoms with Crippen LogP contribution < -0.4 is 10.6 Å². The molecule has 0 spiro atoms. The number of amides is 2. The van der Waals surface area contributed by atoms with Crippen LogP contribution in [-0.4, -0.2) is 48.0 Å². The lowest BCUT2D eigenvalue weighted by Gasteiger charge is -2.23. The normalized spacial score (nSPS) is 12.7. The average molecular weight is 469 g/mol. The second kappa shape index (κ2) is 12.5. The predicted octanol–water partition coefficient (Wildman–Crippen LogP) is 2.98. The second-order valence-corrected chi connectivity index (χ2v) is 8.72. The number of hydrogen-bond acceptors (Lipinski definition) is 6. The number of carbonyl (C=O) groups excluding carboxylic acids is 4. The van der Waals surface area contributed by atoms with Crippen molar-refractivity contribution in [1.29, 1.82) is 0 Å². The Labute approximate surface area is 200 Å². The van der Waals surface area contributed by atoms with Gasteiger partial charge in [-0.05, 0) is 38.8 Å². The van der Waals surface area contributed by atoms with Gasteiger partial charge in [0.1, 0.15) is 17.7 Å². The SMILES string of the molecule is CCOC(=O)[C@H](Cc1ccccc1)NC(=O)C(=O)[C@H](Cc1ccccc1)NC(=O)OC(C)(C)C. The summed E-state index contributed by atoms with van der Waals surface area (Å²) < 4.78 is 10.3. The molecule has 0 heterocycles. The highest BCUT2D eigenvalue weighted by Gasteiger charge is 2.32. The minimum absolute atomic E-state index is 0.0785. The van der Waals surface area contributed by atoms with Crippen LogP contribution in [0.4, 0.5) is 4.79 Å². The molecule has 0 fully saturated rings. The second-order valence-electron chi connectivity index (χ2n) is 8.72. The number of nitrogens with one attached hydrogen (secondary N) is 2. The molecule has 2 amide bonds. The van der Waals surface area contributed by atoms with Crippen LogP contribution in [0.25, 0.3) is 0 Å². The molecule has 8 heteroatoms. The number of Topliss-reactive ketones (excluding diaryl/α,β-unsaturated/α-hetero) is 1. The quantitative estimate of drug-likeness (QED) is 0.410. The van der Waals surface area contributed by atoms with Crippen molar-refractivity contribution in [1.82, 2.24) is 10.6 Å². The van der Waals surface area contributed by atoms with Crippen molar-refractivity contribution in [3.8, 4) is 0 Å². The Bertz CT molecular complexity index is 970. The van der Waals surface area contributed by atoms with Gasteiger partial charge >= 0.3 is 12.1 Å². The zero-order valence-corrected chi connectivity index (χ0v) is 20.0. The molecule has 2 atom stereocenters. The molecule has 2 aromatic rings. The van der Waals surface area contributed by atoms with Crippen molar-refractivity contribution in [3.63, 3.8) is 0 Å². The molecule has 0 aliphatic carbocycles. The number of ketones is 1. The zero-order chi connectivity index (χ0) is 25.1. The molecule has 34 heavy (non-hydrogen) atoms. The van der Waals surface area contributed by atoms with E-state index in [1.54, 1.807) is 52.0 Å². The van der Waals surface area contributed by atoms with E-state index in [1.807, 2.05) is 36.4 Å². The van der Waals surface area contributed by atoms with Gasteiger partial charge in [0, 0.05) is 12.8 Å². The maximum atomic E-state index is 13.1. The van der Waals surface area contributed by atoms with E-state index in [0.717, 1.165) is 11.1 Å². The van der Waals surface area contributed by atoms with Crippen molar-refractivity contribution in [2.24, 2.45) is 0 Å². The Morgan fingerprint density at radius 2 is 1.29 bits per heavy atom. The van der Waals surface area contributed by atoms with E-state index in [2.05, 4.69) is 10.6 Å². The van der Waals surface area contributed by atoms with E-state index < -0.39 is 41.4 Å². The lowest BCUT2D eigenvalue weighted by molar-refractivity contribution is -0.148. The maximum Gasteiger partial charge on any atom is 0.408 e. The standard InChI is InChI=1S/C26H32N2O6/c1-5-33-24(31)21(17-19-14-10-7-11-15-19)27-23(30)22(29)20(16-18-12-8-6-9-13-18)28-25(32)34-26(2,3)4/h6-15,20-21H,5,16-17H2,1-4H3,(H,27,30)(H,28,32)/t20-,21-/m0/s1. The van der Waals surface area contributed by atoms with E-state index in [1.165, 1.54) is 0 Å². The van der Waals surface area contributed by atoms with E-state index in [-0.39, 0.29) is 19.4 Å². The first kappa shape index (κ1) is 26.6. The monoisotopic (exact) mass is 468 g/mol. The molecule has 0 aliphatic rings. The number of hydrogen-bond donors (Lipinski definition) is 2. The summed E-state index contributed by atoms with van der Waals surface area (Å²) in [4.78, 5) is 50.8. The zero-order valence-electron chi connectivity index (χ0n) is 20.0. The summed E-state index contributed by atoms with van der Waals surface area (Å²) in [6.07, 6.45) is -0.586. The van der Waals surface area contributed by atoms with Crippen LogP contribution in [0.3, 0.4) is 0 Å². The van der Waals surface area contributed by atoms with Gasteiger partial charge in [-0.3, -0.25) is 9.59 Å². The van der Waals surface area contributed by atoms with Gasteiger partial charge in [-0.1, -0.05) is 60.7 Å². The van der Waals surface area contributed by atoms with Crippen molar-refractivity contribution in [2.75, 3.05) is 6.61 Å². The molecule has 0 aliphatic heterocycles. The van der Waals surface area contributed by atoms with Crippen LogP contribution in [0.5, 0.6) is 0 Å². The van der Waals surface area contributed by atoms with Crippen LogP contribution in [0.2, 0.25) is 0 Å². The maximum absolute atomic E-state index is 13.1. The van der Waals surface area contributed by atoms with E-state index >= 15 is 0 Å². The summed E-state index contributed by atoms with van der Waals surface area (Å²) in [5.74, 6) is -2.53. The van der Waals surface area contributed by atoms with Gasteiger partial charge in [-0.15, -0.1) is 0 Å². The summed E-state index contributed by atoms with van der Waals surface area (Å²) in [5.41, 5.74) is 0.758. The fourth-order valence-electron chi connectivity index (χ4n) is 3.18. The van der Waals surface area contributed by atoms with Crippen LogP contribution in [0.1, 0.15) is 38.8 Å². The highest BCUT2D eigenvalue weighted by Crippen LogP contribution is 2.10. The van der Waals surface area contributed by atoms with Gasteiger partial charge in [0.05, 0.1) is 6.61 Å². The van der Waals surface area contributed by atoms with Crippen molar-refractivity contribution >= 4 is 23.8 Å². The number of carbonyl (C=O) groups is 4. The van der Waals surface area contributed by atoms with Crippen LogP contribution in [0, 0.1) is 0 Å². The molecule has 2 rings (SSSR count). The smallest absolute Gasteiger partial charge is 0.408 e. The van der Waals surface area contributed by atoms with Gasteiger partial charge in [-0.2, -0.15) is 0 Å². The predicted molar refractivity (Wildman–Crippen MR) is 127 cm³/mol. The van der Waals surface area contributed by atoms with Gasteiger partial charge in [0.15, 0.2) is 0 Å². The molecule has 0 radical (unpaired) electrons. The van der Waals surface area contributed by atoms with E-state index in [9.17, 15) is 19.2 Å². The molecule has 8 nitrogen and oxygen atoms in total. The third kappa shape index (κ3) is 9.05. The van der Waals surface area contributed by atoms with E-state index in [0.29, 0.717) is 0 Å². The number of alkyl carbamates (subject to hydrolysis) is 1. The van der Waals surface area contributed by atoms with Gasteiger partial charge in [0.25, 0.3) is 5.91 Å². The Balaban J connectivity index is 2.19. The first-order valence-corrected chi connectivity index (χ1v) is 11.2. The average Bonchev–Trinajstić information content (AvgIpc) is 2.78. The highest BCUT2D eigenvalue weighted by atomic mass is 16.6. The van der Waals surface area contributed by atoms with Crippen molar-refractivity contribution < 1.29 is 28.7 Å². The molecule has 182 valence electrons. The first-order valence-electron chi connectivity index (χ1n) is 11.2. The molecule has 0 saturated carbocycles. The lowest BCUT2D eigenvalue weighted by Crippen LogP contribution is -2.53. The van der Waals surface area contributed by atoms with Crippen LogP contribution >= 0.6 is 0 Å². The number of rotatable bonds is 10. The summed E-state index contributed by atoms with van der Waals surface area (Å²) in [6, 6.07) is 15.8. The Morgan fingerprint density at radius 3 is 1.76 bits per heavy atom. The minimum Gasteiger partial charge on any atom is -0.464 e. The topological polar surface area (TPSA) is 111 Å². The summed E-state index contributed by atoms with van der Waals surface area (Å²) in [6.45, 7) is 6.87. The molecular weight excluding hydrogens is 436 g/mol. The Morgan fingerprint density at radius 1 is 0.794 bits per heavy atom. The van der Waals surface area contributed by atoms with E-state index in [4.69, 9.17) is 9.47 Å². The number of ether oxygens (including phenoxy) is 2. The fraction of sp³-hybridized carbons (Fsp3) is 0.385. The lowest BCUT2D eigenvalue weighted by atomic mass is 10.0. The fourth-order valence-corrected chi connectivity index (χ4v) is 3.18. The van der Waals surface area contributed by atoms with Gasteiger partial charge < -0.3 is 20.1 Å². The largest absolute Gasteiger partial charge is 0.464 e. The van der Waals surface area contributed by atoms with Crippen LogP contribution in [-0.2, 0) is 36.7 Å². The first-order chi connectivity index (χ1) is 16.1. The molecule has 2 N–H and O–H groups in total. The molecule has 2 aromatic carbocycles. The molecule has 0 aromatic heterocycles. The van der Waals surface area contributed by atoms with Gasteiger partial charge in [0.2, 0.25) is 5.78 Å². The van der Waals surface area contributed by atoms with Crippen molar-refractivity contribution in [3.05, 3.63) is 71.8 Å². The van der Waals surface area contributed by atoms with Crippen LogP contribution in [0.15, 0.2) is 60.7 Å². The van der Waals surface area contributed by atoms with Gasteiger partial charge in [-0.25, -0.2) is 9.59 Å².